The van der Waals surface area contributed by atoms with Crippen molar-refractivity contribution in [2.75, 3.05) is 6.61 Å². The second-order valence-electron chi connectivity index (χ2n) is 8.02. The fourth-order valence-corrected chi connectivity index (χ4v) is 5.64. The van der Waals surface area contributed by atoms with E-state index < -0.39 is 0 Å². The zero-order valence-corrected chi connectivity index (χ0v) is 16.4. The van der Waals surface area contributed by atoms with Crippen LogP contribution in [0, 0.1) is 12.8 Å². The summed E-state index contributed by atoms with van der Waals surface area (Å²) in [7, 11) is 0. The van der Waals surface area contributed by atoms with Crippen LogP contribution in [0.5, 0.6) is 0 Å². The highest BCUT2D eigenvalue weighted by Crippen LogP contribution is 2.35. The number of aromatic nitrogens is 2. The number of rotatable bonds is 4. The average Bonchev–Trinajstić information content (AvgIpc) is 3.24. The maximum absolute atomic E-state index is 12.8. The lowest BCUT2D eigenvalue weighted by Crippen LogP contribution is -2.37. The Bertz CT molecular complexity index is 767. The van der Waals surface area contributed by atoms with Crippen LogP contribution in [0.3, 0.4) is 0 Å². The van der Waals surface area contributed by atoms with Crippen molar-refractivity contribution >= 4 is 27.5 Å². The molecule has 0 aliphatic heterocycles. The molecule has 2 fully saturated rings. The summed E-state index contributed by atoms with van der Waals surface area (Å²) in [6, 6.07) is 2.76. The van der Waals surface area contributed by atoms with Gasteiger partial charge >= 0.3 is 0 Å². The van der Waals surface area contributed by atoms with Gasteiger partial charge in [-0.3, -0.25) is 9.48 Å². The van der Waals surface area contributed by atoms with Gasteiger partial charge in [-0.1, -0.05) is 19.3 Å². The molecule has 2 saturated carbocycles. The highest BCUT2D eigenvalue weighted by Gasteiger charge is 2.25. The van der Waals surface area contributed by atoms with Crippen LogP contribution in [0.25, 0.3) is 10.2 Å². The predicted molar refractivity (Wildman–Crippen MR) is 105 cm³/mol. The van der Waals surface area contributed by atoms with Gasteiger partial charge in [0.2, 0.25) is 0 Å². The molecule has 1 amide bonds. The molecule has 142 valence electrons. The fourth-order valence-electron chi connectivity index (χ4n) is 4.50. The lowest BCUT2D eigenvalue weighted by Gasteiger charge is -2.27. The van der Waals surface area contributed by atoms with Crippen molar-refractivity contribution in [3.8, 4) is 0 Å². The summed E-state index contributed by atoms with van der Waals surface area (Å²) in [5, 5.41) is 18.4. The molecule has 2 aromatic heterocycles. The fraction of sp³-hybridized carbons (Fsp3) is 0.700. The van der Waals surface area contributed by atoms with Crippen LogP contribution in [0.4, 0.5) is 0 Å². The quantitative estimate of drug-likeness (QED) is 0.842. The van der Waals surface area contributed by atoms with Gasteiger partial charge in [-0.05, 0) is 57.4 Å². The van der Waals surface area contributed by atoms with Crippen molar-refractivity contribution in [3.63, 3.8) is 0 Å². The third-order valence-corrected chi connectivity index (χ3v) is 7.28. The van der Waals surface area contributed by atoms with Crippen molar-refractivity contribution in [2.24, 2.45) is 5.92 Å². The second kappa shape index (κ2) is 7.69. The first-order valence-corrected chi connectivity index (χ1v) is 10.9. The SMILES string of the molecule is Cc1nn(C2CCCCC2)c2sc(C(=O)N[C@H]3CC[C@H](CO)CC3)cc12. The number of fused-ring (bicyclic) bond motifs is 1. The number of aryl methyl sites for hydroxylation is 1. The normalized spacial score (nSPS) is 24.8. The average molecular weight is 376 g/mol. The molecule has 0 atom stereocenters. The number of aliphatic hydroxyl groups excluding tert-OH is 1. The molecule has 2 heterocycles. The Labute approximate surface area is 158 Å². The minimum atomic E-state index is 0.0493. The molecule has 0 saturated heterocycles. The molecule has 6 heteroatoms. The number of thiophene rings is 1. The predicted octanol–water partition coefficient (Wildman–Crippen LogP) is 4.19. The first kappa shape index (κ1) is 18.0. The van der Waals surface area contributed by atoms with Gasteiger partial charge in [-0.2, -0.15) is 5.10 Å². The number of carbonyl (C=O) groups is 1. The topological polar surface area (TPSA) is 67.2 Å². The van der Waals surface area contributed by atoms with Crippen molar-refractivity contribution < 1.29 is 9.90 Å². The van der Waals surface area contributed by atoms with E-state index in [9.17, 15) is 9.90 Å². The number of aliphatic hydroxyl groups is 1. The number of carbonyl (C=O) groups excluding carboxylic acids is 1. The highest BCUT2D eigenvalue weighted by atomic mass is 32.1. The summed E-state index contributed by atoms with van der Waals surface area (Å²) in [5.41, 5.74) is 1.03. The van der Waals surface area contributed by atoms with Gasteiger partial charge in [0.1, 0.15) is 4.83 Å². The Morgan fingerprint density at radius 3 is 2.65 bits per heavy atom. The molecule has 0 aromatic carbocycles. The van der Waals surface area contributed by atoms with Gasteiger partial charge in [0.25, 0.3) is 5.91 Å². The van der Waals surface area contributed by atoms with Crippen molar-refractivity contribution in [3.05, 3.63) is 16.6 Å². The van der Waals surface area contributed by atoms with Crippen LogP contribution in [0.1, 0.15) is 79.2 Å². The molecule has 4 rings (SSSR count). The molecule has 2 aromatic rings. The maximum atomic E-state index is 12.8. The number of hydrogen-bond donors (Lipinski definition) is 2. The monoisotopic (exact) mass is 375 g/mol. The first-order chi connectivity index (χ1) is 12.7. The smallest absolute Gasteiger partial charge is 0.261 e. The van der Waals surface area contributed by atoms with Crippen LogP contribution in [-0.2, 0) is 0 Å². The van der Waals surface area contributed by atoms with E-state index in [0.29, 0.717) is 12.0 Å². The number of nitrogens with zero attached hydrogens (tertiary/aromatic N) is 2. The lowest BCUT2D eigenvalue weighted by molar-refractivity contribution is 0.0918. The Kier molecular flexibility index (Phi) is 5.32. The largest absolute Gasteiger partial charge is 0.396 e. The minimum absolute atomic E-state index is 0.0493. The summed E-state index contributed by atoms with van der Waals surface area (Å²) >= 11 is 1.59. The van der Waals surface area contributed by atoms with Crippen molar-refractivity contribution in [1.29, 1.82) is 0 Å². The van der Waals surface area contributed by atoms with Crippen LogP contribution < -0.4 is 5.32 Å². The van der Waals surface area contributed by atoms with Gasteiger partial charge in [0.15, 0.2) is 0 Å². The minimum Gasteiger partial charge on any atom is -0.396 e. The van der Waals surface area contributed by atoms with E-state index in [2.05, 4.69) is 10.00 Å². The van der Waals surface area contributed by atoms with Crippen LogP contribution in [0.2, 0.25) is 0 Å². The Balaban J connectivity index is 1.49. The molecule has 0 radical (unpaired) electrons. The summed E-state index contributed by atoms with van der Waals surface area (Å²) in [6.07, 6.45) is 10.2. The Morgan fingerprint density at radius 1 is 1.23 bits per heavy atom. The zero-order valence-electron chi connectivity index (χ0n) is 15.5. The highest BCUT2D eigenvalue weighted by molar-refractivity contribution is 7.20. The molecule has 0 unspecified atom stereocenters. The molecular weight excluding hydrogens is 346 g/mol. The molecule has 0 spiro atoms. The summed E-state index contributed by atoms with van der Waals surface area (Å²) in [5.74, 6) is 0.463. The molecule has 5 nitrogen and oxygen atoms in total. The molecule has 2 aliphatic carbocycles. The van der Waals surface area contributed by atoms with Gasteiger partial charge < -0.3 is 10.4 Å². The first-order valence-electron chi connectivity index (χ1n) is 10.1. The standard InChI is InChI=1S/C20H29N3O2S/c1-13-17-11-18(19(25)21-15-9-7-14(12-24)8-10-15)26-20(17)23(22-13)16-5-3-2-4-6-16/h11,14-16,24H,2-10,12H2,1H3,(H,21,25)/t14-,15-. The molecule has 2 N–H and O–H groups in total. The van der Waals surface area contributed by atoms with Gasteiger partial charge in [-0.15, -0.1) is 11.3 Å². The van der Waals surface area contributed by atoms with E-state index in [1.54, 1.807) is 11.3 Å². The summed E-state index contributed by atoms with van der Waals surface area (Å²) in [4.78, 5) is 14.7. The molecule has 26 heavy (non-hydrogen) atoms. The van der Waals surface area contributed by atoms with Gasteiger partial charge in [0, 0.05) is 18.0 Å². The van der Waals surface area contributed by atoms with E-state index in [4.69, 9.17) is 5.10 Å². The van der Waals surface area contributed by atoms with Crippen LogP contribution in [0.15, 0.2) is 6.07 Å². The van der Waals surface area contributed by atoms with Crippen LogP contribution in [-0.4, -0.2) is 33.4 Å². The molecule has 0 bridgehead atoms. The summed E-state index contributed by atoms with van der Waals surface area (Å²) < 4.78 is 2.19. The molecular formula is C20H29N3O2S. The van der Waals surface area contributed by atoms with E-state index in [1.807, 2.05) is 13.0 Å². The van der Waals surface area contributed by atoms with E-state index in [1.165, 1.54) is 32.1 Å². The lowest BCUT2D eigenvalue weighted by atomic mass is 9.86. The van der Waals surface area contributed by atoms with E-state index >= 15 is 0 Å². The number of amides is 1. The number of hydrogen-bond acceptors (Lipinski definition) is 4. The van der Waals surface area contributed by atoms with Gasteiger partial charge in [-0.25, -0.2) is 0 Å². The van der Waals surface area contributed by atoms with E-state index in [-0.39, 0.29) is 18.6 Å². The Hall–Kier alpha value is -1.40. The second-order valence-corrected chi connectivity index (χ2v) is 9.06. The Morgan fingerprint density at radius 2 is 1.96 bits per heavy atom. The van der Waals surface area contributed by atoms with E-state index in [0.717, 1.165) is 46.5 Å². The maximum Gasteiger partial charge on any atom is 0.261 e. The number of nitrogens with one attached hydrogen (secondary N) is 1. The van der Waals surface area contributed by atoms with Gasteiger partial charge in [0.05, 0.1) is 16.6 Å². The van der Waals surface area contributed by atoms with Crippen molar-refractivity contribution in [1.82, 2.24) is 15.1 Å². The third kappa shape index (κ3) is 3.54. The molecule has 2 aliphatic rings. The van der Waals surface area contributed by atoms with Crippen LogP contribution >= 0.6 is 11.3 Å². The van der Waals surface area contributed by atoms with Crippen molar-refractivity contribution in [2.45, 2.75) is 76.8 Å². The zero-order chi connectivity index (χ0) is 18.1. The summed E-state index contributed by atoms with van der Waals surface area (Å²) in [6.45, 7) is 2.32. The third-order valence-electron chi connectivity index (χ3n) is 6.15.